The minimum Gasteiger partial charge on any atom is -0.477 e. The molecule has 1 aliphatic carbocycles. The summed E-state index contributed by atoms with van der Waals surface area (Å²) in [6, 6.07) is 14.5. The van der Waals surface area contributed by atoms with E-state index in [1.54, 1.807) is 0 Å². The first-order valence-corrected chi connectivity index (χ1v) is 11.3. The van der Waals surface area contributed by atoms with E-state index in [0.29, 0.717) is 18.8 Å². The van der Waals surface area contributed by atoms with Crippen molar-refractivity contribution in [1.29, 1.82) is 0 Å². The largest absolute Gasteiger partial charge is 0.477 e. The summed E-state index contributed by atoms with van der Waals surface area (Å²) >= 11 is 0. The molecule has 4 heteroatoms. The molecule has 1 aromatic heterocycles. The third-order valence-electron chi connectivity index (χ3n) is 6.43. The van der Waals surface area contributed by atoms with Gasteiger partial charge in [0.25, 0.3) is 0 Å². The van der Waals surface area contributed by atoms with E-state index in [0.717, 1.165) is 40.6 Å². The first kappa shape index (κ1) is 21.4. The SMILES string of the molecule is Cc1ccc2c(CNCCC3=CCCCC3)c(C(=O)O)n(Cc3ccccc3C)c2c1. The van der Waals surface area contributed by atoms with Crippen molar-refractivity contribution in [3.63, 3.8) is 0 Å². The monoisotopic (exact) mass is 416 g/mol. The highest BCUT2D eigenvalue weighted by atomic mass is 16.4. The lowest BCUT2D eigenvalue weighted by atomic mass is 9.97. The number of aromatic nitrogens is 1. The quantitative estimate of drug-likeness (QED) is 0.351. The molecule has 0 fully saturated rings. The second-order valence-corrected chi connectivity index (χ2v) is 8.70. The minimum atomic E-state index is -0.866. The summed E-state index contributed by atoms with van der Waals surface area (Å²) in [5, 5.41) is 14.7. The summed E-state index contributed by atoms with van der Waals surface area (Å²) in [4.78, 5) is 12.4. The van der Waals surface area contributed by atoms with Crippen LogP contribution in [0.1, 0.15) is 64.8 Å². The molecule has 0 unspecified atom stereocenters. The Kier molecular flexibility index (Phi) is 6.57. The highest BCUT2D eigenvalue weighted by molar-refractivity contribution is 5.98. The van der Waals surface area contributed by atoms with Gasteiger partial charge in [-0.25, -0.2) is 4.79 Å². The van der Waals surface area contributed by atoms with Gasteiger partial charge in [0.2, 0.25) is 0 Å². The van der Waals surface area contributed by atoms with Crippen molar-refractivity contribution in [2.45, 2.75) is 59.0 Å². The Morgan fingerprint density at radius 1 is 1.13 bits per heavy atom. The third-order valence-corrected chi connectivity index (χ3v) is 6.43. The van der Waals surface area contributed by atoms with Crippen molar-refractivity contribution < 1.29 is 9.90 Å². The second-order valence-electron chi connectivity index (χ2n) is 8.70. The van der Waals surface area contributed by atoms with Crippen molar-refractivity contribution in [3.8, 4) is 0 Å². The van der Waals surface area contributed by atoms with Gasteiger partial charge in [0.1, 0.15) is 5.69 Å². The molecule has 0 radical (unpaired) electrons. The zero-order valence-electron chi connectivity index (χ0n) is 18.6. The molecule has 1 heterocycles. The molecule has 0 amide bonds. The number of carbonyl (C=O) groups is 1. The summed E-state index contributed by atoms with van der Waals surface area (Å²) in [5.74, 6) is -0.866. The molecule has 0 spiro atoms. The van der Waals surface area contributed by atoms with Crippen LogP contribution in [0.2, 0.25) is 0 Å². The van der Waals surface area contributed by atoms with Gasteiger partial charge < -0.3 is 15.0 Å². The number of allylic oxidation sites excluding steroid dienone is 1. The van der Waals surface area contributed by atoms with Gasteiger partial charge in [0.15, 0.2) is 0 Å². The highest BCUT2D eigenvalue weighted by Crippen LogP contribution is 2.29. The standard InChI is InChI=1S/C27H32N2O2/c1-19-12-13-23-24(17-28-15-14-21-9-4-3-5-10-21)26(27(30)31)29(25(23)16-19)18-22-11-7-6-8-20(22)2/h6-9,11-13,16,28H,3-5,10,14-15,17-18H2,1-2H3,(H,30,31). The second kappa shape index (κ2) is 9.52. The first-order valence-electron chi connectivity index (χ1n) is 11.3. The van der Waals surface area contributed by atoms with Crippen LogP contribution in [0.15, 0.2) is 54.1 Å². The van der Waals surface area contributed by atoms with Crippen molar-refractivity contribution in [2.24, 2.45) is 0 Å². The van der Waals surface area contributed by atoms with Gasteiger partial charge in [-0.1, -0.05) is 48.0 Å². The van der Waals surface area contributed by atoms with Gasteiger partial charge >= 0.3 is 5.97 Å². The molecular formula is C27H32N2O2. The number of benzene rings is 2. The van der Waals surface area contributed by atoms with Crippen LogP contribution >= 0.6 is 0 Å². The molecule has 2 N–H and O–H groups in total. The molecule has 0 aliphatic heterocycles. The van der Waals surface area contributed by atoms with Crippen LogP contribution in [0.25, 0.3) is 10.9 Å². The van der Waals surface area contributed by atoms with Crippen LogP contribution in [-0.2, 0) is 13.1 Å². The molecule has 1 aliphatic rings. The number of fused-ring (bicyclic) bond motifs is 1. The van der Waals surface area contributed by atoms with Crippen LogP contribution in [0, 0.1) is 13.8 Å². The Bertz CT molecular complexity index is 1120. The maximum Gasteiger partial charge on any atom is 0.352 e. The fourth-order valence-corrected chi connectivity index (χ4v) is 4.67. The lowest BCUT2D eigenvalue weighted by Gasteiger charge is -2.13. The Morgan fingerprint density at radius 3 is 2.71 bits per heavy atom. The molecule has 0 saturated heterocycles. The molecule has 3 aromatic rings. The molecule has 0 atom stereocenters. The lowest BCUT2D eigenvalue weighted by Crippen LogP contribution is -2.19. The number of hydrogen-bond donors (Lipinski definition) is 2. The maximum atomic E-state index is 12.4. The summed E-state index contributed by atoms with van der Waals surface area (Å²) in [7, 11) is 0. The lowest BCUT2D eigenvalue weighted by molar-refractivity contribution is 0.0684. The van der Waals surface area contributed by atoms with E-state index in [2.05, 4.69) is 55.6 Å². The molecule has 0 saturated carbocycles. The van der Waals surface area contributed by atoms with Gasteiger partial charge in [-0.3, -0.25) is 0 Å². The number of carboxylic acids is 1. The summed E-state index contributed by atoms with van der Waals surface area (Å²) in [6.45, 7) is 6.13. The molecule has 0 bridgehead atoms. The van der Waals surface area contributed by atoms with Crippen LogP contribution in [-0.4, -0.2) is 22.2 Å². The smallest absolute Gasteiger partial charge is 0.352 e. The third kappa shape index (κ3) is 4.75. The van der Waals surface area contributed by atoms with E-state index in [1.807, 2.05) is 16.7 Å². The Hall–Kier alpha value is -2.85. The normalized spacial score (nSPS) is 14.1. The zero-order chi connectivity index (χ0) is 21.8. The van der Waals surface area contributed by atoms with Crippen LogP contribution in [0.4, 0.5) is 0 Å². The number of nitrogens with zero attached hydrogens (tertiary/aromatic N) is 1. The Labute approximate surface area is 184 Å². The molecular weight excluding hydrogens is 384 g/mol. The molecule has 4 nitrogen and oxygen atoms in total. The highest BCUT2D eigenvalue weighted by Gasteiger charge is 2.22. The Balaban J connectivity index is 1.65. The number of aryl methyl sites for hydroxylation is 2. The fourth-order valence-electron chi connectivity index (χ4n) is 4.67. The number of aromatic carboxylic acids is 1. The van der Waals surface area contributed by atoms with Crippen molar-refractivity contribution in [1.82, 2.24) is 9.88 Å². The summed E-state index contributed by atoms with van der Waals surface area (Å²) in [5.41, 5.74) is 7.27. The molecule has 31 heavy (non-hydrogen) atoms. The van der Waals surface area contributed by atoms with Gasteiger partial charge in [0, 0.05) is 29.6 Å². The van der Waals surface area contributed by atoms with Crippen LogP contribution < -0.4 is 5.32 Å². The van der Waals surface area contributed by atoms with Crippen LogP contribution in [0.3, 0.4) is 0 Å². The molecule has 4 rings (SSSR count). The fraction of sp³-hybridized carbons (Fsp3) is 0.370. The van der Waals surface area contributed by atoms with Crippen LogP contribution in [0.5, 0.6) is 0 Å². The van der Waals surface area contributed by atoms with E-state index >= 15 is 0 Å². The topological polar surface area (TPSA) is 54.3 Å². The van der Waals surface area contributed by atoms with E-state index in [9.17, 15) is 9.90 Å². The number of nitrogens with one attached hydrogen (secondary N) is 1. The average Bonchev–Trinajstić information content (AvgIpc) is 3.06. The maximum absolute atomic E-state index is 12.4. The number of hydrogen-bond acceptors (Lipinski definition) is 2. The van der Waals surface area contributed by atoms with Gasteiger partial charge in [-0.05, 0) is 75.3 Å². The predicted octanol–water partition coefficient (Wildman–Crippen LogP) is 5.98. The summed E-state index contributed by atoms with van der Waals surface area (Å²) < 4.78 is 1.98. The summed E-state index contributed by atoms with van der Waals surface area (Å²) in [6.07, 6.45) is 8.43. The molecule has 162 valence electrons. The zero-order valence-corrected chi connectivity index (χ0v) is 18.6. The van der Waals surface area contributed by atoms with Gasteiger partial charge in [0.05, 0.1) is 0 Å². The van der Waals surface area contributed by atoms with Crippen molar-refractivity contribution >= 4 is 16.9 Å². The predicted molar refractivity (Wildman–Crippen MR) is 127 cm³/mol. The van der Waals surface area contributed by atoms with Crippen molar-refractivity contribution in [2.75, 3.05) is 6.54 Å². The number of rotatable bonds is 8. The molecule has 2 aromatic carbocycles. The van der Waals surface area contributed by atoms with Crippen molar-refractivity contribution in [3.05, 3.63) is 82.1 Å². The average molecular weight is 417 g/mol. The van der Waals surface area contributed by atoms with E-state index in [4.69, 9.17) is 0 Å². The van der Waals surface area contributed by atoms with Gasteiger partial charge in [-0.15, -0.1) is 0 Å². The van der Waals surface area contributed by atoms with E-state index < -0.39 is 5.97 Å². The first-order chi connectivity index (χ1) is 15.0. The number of carboxylic acid groups (broad SMARTS) is 1. The van der Waals surface area contributed by atoms with Gasteiger partial charge in [-0.2, -0.15) is 0 Å². The minimum absolute atomic E-state index is 0.397. The Morgan fingerprint density at radius 2 is 1.97 bits per heavy atom. The van der Waals surface area contributed by atoms with E-state index in [1.165, 1.54) is 36.8 Å². The van der Waals surface area contributed by atoms with E-state index in [-0.39, 0.29) is 0 Å².